The van der Waals surface area contributed by atoms with Gasteiger partial charge in [0.15, 0.2) is 0 Å². The summed E-state index contributed by atoms with van der Waals surface area (Å²) in [5.74, 6) is 0. The van der Waals surface area contributed by atoms with Crippen LogP contribution in [0.4, 0.5) is 11.4 Å². The average Bonchev–Trinajstić information content (AvgIpc) is 2.89. The molecule has 0 aromatic heterocycles. The quantitative estimate of drug-likeness (QED) is 0.0464. The third-order valence-electron chi connectivity index (χ3n) is 5.77. The van der Waals surface area contributed by atoms with Crippen LogP contribution in [0.15, 0.2) is 58.3 Å². The molecule has 0 spiro atoms. The van der Waals surface area contributed by atoms with Gasteiger partial charge in [0, 0.05) is 11.4 Å². The Morgan fingerprint density at radius 1 is 0.641 bits per heavy atom. The molecule has 12 nitrogen and oxygen atoms in total. The first kappa shape index (κ1) is 33.2. The molecule has 0 saturated heterocycles. The number of nitrogens with one attached hydrogen (secondary N) is 4. The summed E-state index contributed by atoms with van der Waals surface area (Å²) < 4.78 is 82.2. The van der Waals surface area contributed by atoms with Gasteiger partial charge in [0.1, 0.15) is 0 Å². The number of anilines is 2. The van der Waals surface area contributed by atoms with Crippen LogP contribution in [0, 0.1) is 0 Å². The molecule has 0 heterocycles. The summed E-state index contributed by atoms with van der Waals surface area (Å²) in [6.07, 6.45) is 11.3. The molecule has 6 N–H and O–H groups in total. The lowest BCUT2D eigenvalue weighted by Crippen LogP contribution is -2.32. The van der Waals surface area contributed by atoms with Crippen LogP contribution in [0.2, 0.25) is 0 Å². The topological polar surface area (TPSA) is 183 Å². The van der Waals surface area contributed by atoms with E-state index in [0.29, 0.717) is 17.8 Å². The Hall–Kier alpha value is -2.03. The number of hydrazine groups is 2. The third kappa shape index (κ3) is 13.3. The monoisotopic (exact) mass is 606 g/mol. The SMILES string of the molecule is CCCCCCCCCCCCOP(=O)(NNc1ccc(S(=O)(=O)O)cc1)NNc1ccc(S(=O)(=O)O)cc1. The van der Waals surface area contributed by atoms with Crippen molar-refractivity contribution < 1.29 is 35.0 Å². The van der Waals surface area contributed by atoms with Crippen LogP contribution in [-0.4, -0.2) is 32.5 Å². The van der Waals surface area contributed by atoms with E-state index in [1.54, 1.807) is 0 Å². The van der Waals surface area contributed by atoms with E-state index in [0.717, 1.165) is 19.3 Å². The Balaban J connectivity index is 1.90. The maximum Gasteiger partial charge on any atom is 0.375 e. The van der Waals surface area contributed by atoms with Crippen molar-refractivity contribution in [3.8, 4) is 0 Å². The predicted molar refractivity (Wildman–Crippen MR) is 151 cm³/mol. The molecule has 39 heavy (non-hydrogen) atoms. The largest absolute Gasteiger partial charge is 0.375 e. The number of hydrogen-bond donors (Lipinski definition) is 6. The van der Waals surface area contributed by atoms with Crippen LogP contribution in [-0.2, 0) is 29.3 Å². The smallest absolute Gasteiger partial charge is 0.313 e. The minimum absolute atomic E-state index is 0.195. The zero-order valence-corrected chi connectivity index (χ0v) is 24.5. The molecule has 2 aromatic carbocycles. The fourth-order valence-electron chi connectivity index (χ4n) is 3.57. The Labute approximate surface area is 231 Å². The van der Waals surface area contributed by atoms with Gasteiger partial charge in [-0.25, -0.2) is 0 Å². The van der Waals surface area contributed by atoms with E-state index in [-0.39, 0.29) is 16.4 Å². The minimum atomic E-state index is -4.35. The molecule has 0 atom stereocenters. The fourth-order valence-corrected chi connectivity index (χ4v) is 5.66. The van der Waals surface area contributed by atoms with Gasteiger partial charge in [0.25, 0.3) is 20.2 Å². The van der Waals surface area contributed by atoms with Gasteiger partial charge in [0.05, 0.1) is 16.4 Å². The molecule has 0 unspecified atom stereocenters. The molecule has 0 aliphatic carbocycles. The van der Waals surface area contributed by atoms with Crippen molar-refractivity contribution in [2.24, 2.45) is 0 Å². The van der Waals surface area contributed by atoms with Gasteiger partial charge in [-0.3, -0.25) is 13.7 Å². The molecule has 0 aliphatic rings. The summed E-state index contributed by atoms with van der Waals surface area (Å²) in [5.41, 5.74) is 6.08. The molecule has 2 aromatic rings. The van der Waals surface area contributed by atoms with Crippen molar-refractivity contribution in [3.63, 3.8) is 0 Å². The van der Waals surface area contributed by atoms with Gasteiger partial charge in [-0.15, -0.1) is 10.4 Å². The molecule has 0 amide bonds. The Kier molecular flexibility index (Phi) is 13.9. The van der Waals surface area contributed by atoms with E-state index < -0.39 is 27.9 Å². The average molecular weight is 607 g/mol. The van der Waals surface area contributed by atoms with E-state index in [1.165, 1.54) is 87.1 Å². The number of rotatable bonds is 20. The van der Waals surface area contributed by atoms with E-state index in [4.69, 9.17) is 13.6 Å². The Morgan fingerprint density at radius 3 is 1.36 bits per heavy atom. The minimum Gasteiger partial charge on any atom is -0.313 e. The number of benzene rings is 2. The zero-order chi connectivity index (χ0) is 28.8. The second-order valence-electron chi connectivity index (χ2n) is 9.04. The summed E-state index contributed by atoms with van der Waals surface area (Å²) in [7, 11) is -12.5. The lowest BCUT2D eigenvalue weighted by atomic mass is 10.1. The lowest BCUT2D eigenvalue weighted by Gasteiger charge is -2.22. The second kappa shape index (κ2) is 16.3. The second-order valence-corrected chi connectivity index (χ2v) is 13.7. The molecular formula is C24H39N4O8PS2. The molecule has 220 valence electrons. The van der Waals surface area contributed by atoms with E-state index in [9.17, 15) is 21.4 Å². The molecule has 2 rings (SSSR count). The van der Waals surface area contributed by atoms with Crippen molar-refractivity contribution in [3.05, 3.63) is 48.5 Å². The summed E-state index contributed by atoms with van der Waals surface area (Å²) in [5, 5.41) is 5.15. The van der Waals surface area contributed by atoms with Crippen LogP contribution >= 0.6 is 7.67 Å². The standard InChI is InChI=1S/C24H39N4O8PS2/c1-2-3-4-5-6-7-8-9-10-11-20-36-37(29,27-25-21-12-16-23(17-13-21)38(30,31)32)28-26-22-14-18-24(19-15-22)39(33,34)35/h12-19,25-26H,2-11,20H2,1H3,(H2,27,28,29)(H,30,31,32)(H,33,34,35). The lowest BCUT2D eigenvalue weighted by molar-refractivity contribution is 0.291. The summed E-state index contributed by atoms with van der Waals surface area (Å²) in [6, 6.07) is 10.2. The van der Waals surface area contributed by atoms with Crippen LogP contribution in [0.1, 0.15) is 71.1 Å². The van der Waals surface area contributed by atoms with Crippen molar-refractivity contribution >= 4 is 39.3 Å². The summed E-state index contributed by atoms with van der Waals surface area (Å²) in [6.45, 7) is 2.40. The van der Waals surface area contributed by atoms with Gasteiger partial charge in [-0.05, 0) is 55.0 Å². The summed E-state index contributed by atoms with van der Waals surface area (Å²) >= 11 is 0. The van der Waals surface area contributed by atoms with Crippen LogP contribution < -0.4 is 21.2 Å². The zero-order valence-electron chi connectivity index (χ0n) is 22.0. The van der Waals surface area contributed by atoms with Crippen molar-refractivity contribution in [2.45, 2.75) is 80.9 Å². The fraction of sp³-hybridized carbons (Fsp3) is 0.500. The molecule has 0 bridgehead atoms. The third-order valence-corrected chi connectivity index (χ3v) is 8.86. The molecular weight excluding hydrogens is 567 g/mol. The molecule has 15 heteroatoms. The van der Waals surface area contributed by atoms with Crippen LogP contribution in [0.3, 0.4) is 0 Å². The van der Waals surface area contributed by atoms with E-state index in [1.807, 2.05) is 0 Å². The highest BCUT2D eigenvalue weighted by Crippen LogP contribution is 2.37. The number of unbranched alkanes of at least 4 members (excludes halogenated alkanes) is 9. The Morgan fingerprint density at radius 2 is 1.00 bits per heavy atom. The van der Waals surface area contributed by atoms with Gasteiger partial charge in [-0.1, -0.05) is 64.7 Å². The highest BCUT2D eigenvalue weighted by molar-refractivity contribution is 7.86. The van der Waals surface area contributed by atoms with Crippen molar-refractivity contribution in [1.29, 1.82) is 0 Å². The first-order chi connectivity index (χ1) is 18.4. The van der Waals surface area contributed by atoms with Crippen molar-refractivity contribution in [2.75, 3.05) is 17.5 Å². The molecule has 0 radical (unpaired) electrons. The normalized spacial score (nSPS) is 12.4. The maximum absolute atomic E-state index is 13.4. The van der Waals surface area contributed by atoms with Gasteiger partial charge in [-0.2, -0.15) is 16.8 Å². The highest BCUT2D eigenvalue weighted by Gasteiger charge is 2.23. The Bertz CT molecular complexity index is 1170. The molecule has 0 saturated carbocycles. The van der Waals surface area contributed by atoms with Crippen LogP contribution in [0.5, 0.6) is 0 Å². The van der Waals surface area contributed by atoms with Crippen molar-refractivity contribution in [1.82, 2.24) is 10.4 Å². The first-order valence-corrected chi connectivity index (χ1v) is 17.4. The summed E-state index contributed by atoms with van der Waals surface area (Å²) in [4.78, 5) is -0.580. The molecule has 0 aliphatic heterocycles. The molecule has 0 fully saturated rings. The van der Waals surface area contributed by atoms with Gasteiger partial charge >= 0.3 is 7.67 Å². The maximum atomic E-state index is 13.4. The van der Waals surface area contributed by atoms with Gasteiger partial charge < -0.3 is 15.4 Å². The first-order valence-electron chi connectivity index (χ1n) is 12.9. The number of hydrogen-bond acceptors (Lipinski definition) is 8. The van der Waals surface area contributed by atoms with E-state index >= 15 is 0 Å². The van der Waals surface area contributed by atoms with Crippen LogP contribution in [0.25, 0.3) is 0 Å². The predicted octanol–water partition coefficient (Wildman–Crippen LogP) is 5.76. The van der Waals surface area contributed by atoms with Gasteiger partial charge in [0.2, 0.25) is 0 Å². The highest BCUT2D eigenvalue weighted by atomic mass is 32.2. The van der Waals surface area contributed by atoms with E-state index in [2.05, 4.69) is 28.2 Å².